The van der Waals surface area contributed by atoms with Crippen molar-refractivity contribution in [3.05, 3.63) is 62.6 Å². The van der Waals surface area contributed by atoms with Crippen LogP contribution >= 0.6 is 23.2 Å². The first-order valence-corrected chi connectivity index (χ1v) is 15.3. The number of rotatable bonds is 8. The maximum Gasteiger partial charge on any atom is 0.493 e. The van der Waals surface area contributed by atoms with Gasteiger partial charge in [0.2, 0.25) is 0 Å². The number of alkyl halides is 3. The number of sulfonamides is 1. The molecule has 1 saturated heterocycles. The molecule has 1 aliphatic heterocycles. The molecule has 1 amide bonds. The molecule has 1 heterocycles. The van der Waals surface area contributed by atoms with Crippen molar-refractivity contribution in [2.45, 2.75) is 44.3 Å². The summed E-state index contributed by atoms with van der Waals surface area (Å²) in [7, 11) is -4.86. The van der Waals surface area contributed by atoms with Crippen molar-refractivity contribution in [2.75, 3.05) is 26.0 Å². The second-order valence-electron chi connectivity index (χ2n) is 10.2. The highest BCUT2D eigenvalue weighted by atomic mass is 35.5. The van der Waals surface area contributed by atoms with Crippen LogP contribution in [0.3, 0.4) is 0 Å². The number of nitrogens with zero attached hydrogens (tertiary/aromatic N) is 2. The van der Waals surface area contributed by atoms with Crippen LogP contribution in [0.2, 0.25) is 10.0 Å². The van der Waals surface area contributed by atoms with E-state index in [1.54, 1.807) is 0 Å². The van der Waals surface area contributed by atoms with E-state index in [0.717, 1.165) is 12.1 Å². The van der Waals surface area contributed by atoms with Crippen molar-refractivity contribution in [3.8, 4) is 5.75 Å². The van der Waals surface area contributed by atoms with Crippen molar-refractivity contribution in [3.63, 3.8) is 0 Å². The van der Waals surface area contributed by atoms with Gasteiger partial charge in [-0.05, 0) is 79.9 Å². The number of hydrogen-bond acceptors (Lipinski definition) is 7. The van der Waals surface area contributed by atoms with E-state index in [0.29, 0.717) is 67.7 Å². The van der Waals surface area contributed by atoms with E-state index in [1.165, 1.54) is 12.1 Å². The van der Waals surface area contributed by atoms with E-state index in [9.17, 15) is 35.6 Å². The Labute approximate surface area is 248 Å². The summed E-state index contributed by atoms with van der Waals surface area (Å²) in [6, 6.07) is 4.55. The zero-order valence-corrected chi connectivity index (χ0v) is 24.3. The largest absolute Gasteiger partial charge is 0.493 e. The minimum atomic E-state index is -5.60. The molecule has 8 nitrogen and oxygen atoms in total. The number of likely N-dealkylation sites (tertiary alicyclic amines) is 1. The minimum Gasteiger partial charge on any atom is -0.493 e. The van der Waals surface area contributed by atoms with Gasteiger partial charge in [-0.1, -0.05) is 27.7 Å². The summed E-state index contributed by atoms with van der Waals surface area (Å²) in [5, 5.41) is 0.304. The van der Waals surface area contributed by atoms with Crippen molar-refractivity contribution in [1.29, 1.82) is 0 Å². The molecule has 0 aromatic heterocycles. The summed E-state index contributed by atoms with van der Waals surface area (Å²) in [6.45, 7) is 1.94. The van der Waals surface area contributed by atoms with Gasteiger partial charge >= 0.3 is 18.1 Å². The van der Waals surface area contributed by atoms with Crippen molar-refractivity contribution < 1.29 is 49.5 Å². The summed E-state index contributed by atoms with van der Waals surface area (Å²) in [5.74, 6) is -6.51. The average Bonchev–Trinajstić information content (AvgIpc) is 3.73. The first-order chi connectivity index (χ1) is 19.5. The average molecular weight is 659 g/mol. The van der Waals surface area contributed by atoms with Gasteiger partial charge < -0.3 is 9.57 Å². The number of piperidine rings is 1. The second-order valence-corrected chi connectivity index (χ2v) is 12.8. The van der Waals surface area contributed by atoms with Crippen molar-refractivity contribution >= 4 is 45.1 Å². The first kappa shape index (κ1) is 32.2. The number of ether oxygens (including phenoxy) is 1. The Hall–Kier alpha value is -2.68. The van der Waals surface area contributed by atoms with Gasteiger partial charge in [0.05, 0.1) is 23.4 Å². The summed E-state index contributed by atoms with van der Waals surface area (Å²) in [4.78, 5) is 29.9. The summed E-state index contributed by atoms with van der Waals surface area (Å²) >= 11 is 11.9. The van der Waals surface area contributed by atoms with Crippen molar-refractivity contribution in [1.82, 2.24) is 9.37 Å². The molecule has 0 atom stereocenters. The third kappa shape index (κ3) is 7.82. The SMILES string of the molecule is CS(=O)(=O)N(OC(=O)C(F)(F)F)C(=O)c1cc(C2CC2)c(OCC2CCN(Cc3cc(F)c(Cl)cc3Cl)CC2)cc1F. The lowest BCUT2D eigenvalue weighted by molar-refractivity contribution is -0.216. The van der Waals surface area contributed by atoms with Crippen LogP contribution in [0.5, 0.6) is 5.75 Å². The highest BCUT2D eigenvalue weighted by molar-refractivity contribution is 7.88. The van der Waals surface area contributed by atoms with Gasteiger partial charge in [0.25, 0.3) is 10.0 Å². The fraction of sp³-hybridized carbons (Fsp3) is 0.462. The summed E-state index contributed by atoms with van der Waals surface area (Å²) in [5.41, 5.74) is 0.0949. The Bertz CT molecular complexity index is 1480. The van der Waals surface area contributed by atoms with Gasteiger partial charge in [0.1, 0.15) is 17.4 Å². The van der Waals surface area contributed by atoms with Gasteiger partial charge in [-0.15, -0.1) is 0 Å². The zero-order chi connectivity index (χ0) is 31.0. The van der Waals surface area contributed by atoms with Gasteiger partial charge in [-0.3, -0.25) is 9.69 Å². The number of halogens is 7. The third-order valence-corrected chi connectivity index (χ3v) is 8.36. The van der Waals surface area contributed by atoms with Crippen LogP contribution in [0.4, 0.5) is 22.0 Å². The molecule has 0 unspecified atom stereocenters. The molecule has 2 fully saturated rings. The molecule has 0 N–H and O–H groups in total. The van der Waals surface area contributed by atoms with Gasteiger partial charge in [-0.25, -0.2) is 22.0 Å². The highest BCUT2D eigenvalue weighted by Crippen LogP contribution is 2.45. The molecule has 16 heteroatoms. The lowest BCUT2D eigenvalue weighted by Crippen LogP contribution is -2.42. The quantitative estimate of drug-likeness (QED) is 0.199. The maximum absolute atomic E-state index is 15.1. The molecule has 4 rings (SSSR count). The predicted molar refractivity (Wildman–Crippen MR) is 141 cm³/mol. The molecular formula is C26H25Cl2F5N2O6S. The van der Waals surface area contributed by atoms with Crippen molar-refractivity contribution in [2.24, 2.45) is 5.92 Å². The minimum absolute atomic E-state index is 0.0587. The topological polar surface area (TPSA) is 93.2 Å². The van der Waals surface area contributed by atoms with Crippen LogP contribution in [-0.2, 0) is 26.2 Å². The molecule has 230 valence electrons. The Kier molecular flexibility index (Phi) is 9.60. The number of hydrogen-bond donors (Lipinski definition) is 0. The lowest BCUT2D eigenvalue weighted by Gasteiger charge is -2.32. The summed E-state index contributed by atoms with van der Waals surface area (Å²) in [6.07, 6.45) is -2.52. The van der Waals surface area contributed by atoms with E-state index < -0.39 is 49.7 Å². The monoisotopic (exact) mass is 658 g/mol. The molecule has 1 saturated carbocycles. The van der Waals surface area contributed by atoms with Crippen LogP contribution in [0.1, 0.15) is 53.1 Å². The normalized spacial score (nSPS) is 16.8. The number of carbonyl (C=O) groups is 2. The Morgan fingerprint density at radius 2 is 1.64 bits per heavy atom. The Morgan fingerprint density at radius 3 is 2.21 bits per heavy atom. The van der Waals surface area contributed by atoms with E-state index >= 15 is 4.39 Å². The fourth-order valence-electron chi connectivity index (χ4n) is 4.50. The number of carbonyl (C=O) groups excluding carboxylic acids is 2. The molecule has 1 aliphatic carbocycles. The van der Waals surface area contributed by atoms with Crippen LogP contribution in [0.25, 0.3) is 0 Å². The van der Waals surface area contributed by atoms with E-state index in [1.807, 2.05) is 0 Å². The standard InChI is InChI=1S/C26H25Cl2F5N2O6S/c1-42(38,39)35(41-25(37)26(31,32)33)24(36)18-9-17(15-2-3-15)23(11-21(18)29)40-13-14-4-6-34(7-5-14)12-16-8-22(30)20(28)10-19(16)27/h8-11,14-15H,2-7,12-13H2,1H3. The first-order valence-electron chi connectivity index (χ1n) is 12.7. The van der Waals surface area contributed by atoms with Gasteiger partial charge in [0, 0.05) is 17.6 Å². The van der Waals surface area contributed by atoms with Crippen LogP contribution in [-0.4, -0.2) is 61.8 Å². The highest BCUT2D eigenvalue weighted by Gasteiger charge is 2.45. The summed E-state index contributed by atoms with van der Waals surface area (Å²) < 4.78 is 95.9. The van der Waals surface area contributed by atoms with Gasteiger partial charge in [-0.2, -0.15) is 13.2 Å². The Morgan fingerprint density at radius 1 is 1.00 bits per heavy atom. The lowest BCUT2D eigenvalue weighted by atomic mass is 9.97. The van der Waals surface area contributed by atoms with E-state index in [4.69, 9.17) is 27.9 Å². The maximum atomic E-state index is 15.1. The number of amides is 1. The molecule has 0 spiro atoms. The van der Waals surface area contributed by atoms with Crippen LogP contribution in [0.15, 0.2) is 24.3 Å². The van der Waals surface area contributed by atoms with Gasteiger partial charge in [0.15, 0.2) is 0 Å². The molecule has 2 aromatic carbocycles. The van der Waals surface area contributed by atoms with Crippen LogP contribution in [0, 0.1) is 17.6 Å². The molecular weight excluding hydrogens is 634 g/mol. The third-order valence-electron chi connectivity index (χ3n) is 6.88. The van der Waals surface area contributed by atoms with E-state index in [-0.39, 0.29) is 29.2 Å². The number of benzene rings is 2. The second kappa shape index (κ2) is 12.5. The smallest absolute Gasteiger partial charge is 0.493 e. The molecule has 0 bridgehead atoms. The molecule has 42 heavy (non-hydrogen) atoms. The predicted octanol–water partition coefficient (Wildman–Crippen LogP) is 5.86. The fourth-order valence-corrected chi connectivity index (χ4v) is 5.55. The number of hydroxylamine groups is 1. The molecule has 0 radical (unpaired) electrons. The zero-order valence-electron chi connectivity index (χ0n) is 22.0. The molecule has 2 aromatic rings. The molecule has 2 aliphatic rings. The Balaban J connectivity index is 1.43. The van der Waals surface area contributed by atoms with Crippen LogP contribution < -0.4 is 4.74 Å². The van der Waals surface area contributed by atoms with E-state index in [2.05, 4.69) is 9.74 Å².